The van der Waals surface area contributed by atoms with Gasteiger partial charge in [-0.15, -0.1) is 0 Å². The number of hydrogen-bond donors (Lipinski definition) is 1. The van der Waals surface area contributed by atoms with E-state index in [9.17, 15) is 4.79 Å². The minimum Gasteiger partial charge on any atom is -0.342 e. The van der Waals surface area contributed by atoms with Crippen LogP contribution in [0.25, 0.3) is 0 Å². The number of carbonyl (C=O) groups is 1. The number of amides is 1. The first-order chi connectivity index (χ1) is 8.58. The van der Waals surface area contributed by atoms with E-state index in [0.717, 1.165) is 16.8 Å². The van der Waals surface area contributed by atoms with Gasteiger partial charge in [-0.3, -0.25) is 4.79 Å². The maximum atomic E-state index is 12.1. The average Bonchev–Trinajstić information content (AvgIpc) is 2.86. The highest BCUT2D eigenvalue weighted by Gasteiger charge is 2.14. The molecule has 0 saturated carbocycles. The molecule has 3 heteroatoms. The summed E-state index contributed by atoms with van der Waals surface area (Å²) in [5.41, 5.74) is 3.11. The zero-order valence-electron chi connectivity index (χ0n) is 11.0. The number of rotatable bonds is 3. The summed E-state index contributed by atoms with van der Waals surface area (Å²) in [6.07, 6.45) is 3.79. The second kappa shape index (κ2) is 5.08. The molecule has 0 radical (unpaired) electrons. The number of nitrogens with one attached hydrogen (secondary N) is 1. The fourth-order valence-corrected chi connectivity index (χ4v) is 1.85. The van der Waals surface area contributed by atoms with Crippen molar-refractivity contribution in [2.75, 3.05) is 5.32 Å². The Kier molecular flexibility index (Phi) is 3.51. The van der Waals surface area contributed by atoms with E-state index in [0.29, 0.717) is 0 Å². The lowest BCUT2D eigenvalue weighted by Gasteiger charge is -2.15. The molecule has 18 heavy (non-hydrogen) atoms. The van der Waals surface area contributed by atoms with E-state index < -0.39 is 0 Å². The fourth-order valence-electron chi connectivity index (χ4n) is 1.85. The standard InChI is InChI=1S/C15H18N2O/c1-11-6-7-12(2)14(10-11)16-15(18)13(3)17-8-4-5-9-17/h4-10,13H,1-3H3,(H,16,18). The van der Waals surface area contributed by atoms with Gasteiger partial charge in [0.05, 0.1) is 0 Å². The molecule has 1 atom stereocenters. The fraction of sp³-hybridized carbons (Fsp3) is 0.267. The van der Waals surface area contributed by atoms with E-state index in [2.05, 4.69) is 5.32 Å². The number of carbonyl (C=O) groups excluding carboxylic acids is 1. The molecule has 3 nitrogen and oxygen atoms in total. The van der Waals surface area contributed by atoms with Crippen LogP contribution in [0.3, 0.4) is 0 Å². The van der Waals surface area contributed by atoms with Crippen LogP contribution in [0.4, 0.5) is 5.69 Å². The van der Waals surface area contributed by atoms with Gasteiger partial charge in [-0.25, -0.2) is 0 Å². The van der Waals surface area contributed by atoms with Crippen LogP contribution >= 0.6 is 0 Å². The van der Waals surface area contributed by atoms with Gasteiger partial charge in [-0.05, 0) is 50.1 Å². The van der Waals surface area contributed by atoms with E-state index >= 15 is 0 Å². The van der Waals surface area contributed by atoms with E-state index in [-0.39, 0.29) is 11.9 Å². The van der Waals surface area contributed by atoms with Gasteiger partial charge in [0.25, 0.3) is 0 Å². The molecule has 0 fully saturated rings. The SMILES string of the molecule is Cc1ccc(C)c(NC(=O)C(C)n2cccc2)c1. The molecule has 0 saturated heterocycles. The monoisotopic (exact) mass is 242 g/mol. The maximum absolute atomic E-state index is 12.1. The number of nitrogens with zero attached hydrogens (tertiary/aromatic N) is 1. The summed E-state index contributed by atoms with van der Waals surface area (Å²) in [7, 11) is 0. The van der Waals surface area contributed by atoms with E-state index in [1.807, 2.05) is 68.1 Å². The van der Waals surface area contributed by atoms with Crippen LogP contribution in [0.15, 0.2) is 42.7 Å². The lowest BCUT2D eigenvalue weighted by atomic mass is 10.1. The Morgan fingerprint density at radius 1 is 1.22 bits per heavy atom. The maximum Gasteiger partial charge on any atom is 0.247 e. The van der Waals surface area contributed by atoms with Crippen molar-refractivity contribution in [2.24, 2.45) is 0 Å². The lowest BCUT2D eigenvalue weighted by molar-refractivity contribution is -0.118. The Bertz CT molecular complexity index is 544. The molecule has 1 unspecified atom stereocenters. The molecule has 2 aromatic rings. The summed E-state index contributed by atoms with van der Waals surface area (Å²) < 4.78 is 1.89. The number of aryl methyl sites for hydroxylation is 2. The normalized spacial score (nSPS) is 12.2. The number of benzene rings is 1. The molecular formula is C15H18N2O. The Balaban J connectivity index is 2.14. The third-order valence-electron chi connectivity index (χ3n) is 3.11. The summed E-state index contributed by atoms with van der Waals surface area (Å²) in [6, 6.07) is 9.69. The van der Waals surface area contributed by atoms with Crippen LogP contribution in [0.1, 0.15) is 24.1 Å². The number of hydrogen-bond acceptors (Lipinski definition) is 1. The first-order valence-corrected chi connectivity index (χ1v) is 6.08. The largest absolute Gasteiger partial charge is 0.342 e. The van der Waals surface area contributed by atoms with Gasteiger partial charge in [0.2, 0.25) is 5.91 Å². The number of aromatic nitrogens is 1. The minimum absolute atomic E-state index is 0.0000926. The van der Waals surface area contributed by atoms with E-state index in [4.69, 9.17) is 0 Å². The zero-order valence-corrected chi connectivity index (χ0v) is 11.0. The predicted octanol–water partition coefficient (Wildman–Crippen LogP) is 3.30. The van der Waals surface area contributed by atoms with Crippen LogP contribution in [0, 0.1) is 13.8 Å². The first kappa shape index (κ1) is 12.4. The molecular weight excluding hydrogens is 224 g/mol. The lowest BCUT2D eigenvalue weighted by Crippen LogP contribution is -2.23. The van der Waals surface area contributed by atoms with Crippen LogP contribution in [-0.4, -0.2) is 10.5 Å². The summed E-state index contributed by atoms with van der Waals surface area (Å²) in [5, 5.41) is 2.98. The molecule has 0 aliphatic rings. The molecule has 0 bridgehead atoms. The quantitative estimate of drug-likeness (QED) is 0.880. The molecule has 1 amide bonds. The van der Waals surface area contributed by atoms with Crippen molar-refractivity contribution < 1.29 is 4.79 Å². The molecule has 0 spiro atoms. The molecule has 94 valence electrons. The third kappa shape index (κ3) is 2.62. The molecule has 0 aliphatic carbocycles. The highest BCUT2D eigenvalue weighted by Crippen LogP contribution is 2.18. The molecule has 1 N–H and O–H groups in total. The van der Waals surface area contributed by atoms with Gasteiger partial charge in [0, 0.05) is 18.1 Å². The topological polar surface area (TPSA) is 34.0 Å². The molecule has 0 aliphatic heterocycles. The Morgan fingerprint density at radius 3 is 2.56 bits per heavy atom. The molecule has 1 heterocycles. The second-order valence-electron chi connectivity index (χ2n) is 4.61. The van der Waals surface area contributed by atoms with E-state index in [1.54, 1.807) is 0 Å². The van der Waals surface area contributed by atoms with Gasteiger partial charge < -0.3 is 9.88 Å². The average molecular weight is 242 g/mol. The van der Waals surface area contributed by atoms with Gasteiger partial charge in [0.15, 0.2) is 0 Å². The van der Waals surface area contributed by atoms with E-state index in [1.165, 1.54) is 0 Å². The zero-order chi connectivity index (χ0) is 13.1. The Hall–Kier alpha value is -2.03. The van der Waals surface area contributed by atoms with Crippen LogP contribution < -0.4 is 5.32 Å². The van der Waals surface area contributed by atoms with Crippen LogP contribution in [0.5, 0.6) is 0 Å². The van der Waals surface area contributed by atoms with Crippen molar-refractivity contribution in [3.63, 3.8) is 0 Å². The minimum atomic E-state index is -0.208. The summed E-state index contributed by atoms with van der Waals surface area (Å²) in [6.45, 7) is 5.90. The summed E-state index contributed by atoms with van der Waals surface area (Å²) >= 11 is 0. The van der Waals surface area contributed by atoms with Gasteiger partial charge in [-0.1, -0.05) is 12.1 Å². The predicted molar refractivity (Wildman–Crippen MR) is 73.7 cm³/mol. The van der Waals surface area contributed by atoms with Crippen molar-refractivity contribution in [3.8, 4) is 0 Å². The third-order valence-corrected chi connectivity index (χ3v) is 3.11. The molecule has 2 rings (SSSR count). The van der Waals surface area contributed by atoms with Crippen LogP contribution in [-0.2, 0) is 4.79 Å². The van der Waals surface area contributed by atoms with Crippen molar-refractivity contribution in [1.82, 2.24) is 4.57 Å². The van der Waals surface area contributed by atoms with Crippen LogP contribution in [0.2, 0.25) is 0 Å². The van der Waals surface area contributed by atoms with Gasteiger partial charge in [-0.2, -0.15) is 0 Å². The highest BCUT2D eigenvalue weighted by atomic mass is 16.2. The molecule has 1 aromatic carbocycles. The second-order valence-corrected chi connectivity index (χ2v) is 4.61. The van der Waals surface area contributed by atoms with Gasteiger partial charge >= 0.3 is 0 Å². The van der Waals surface area contributed by atoms with Crippen molar-refractivity contribution in [3.05, 3.63) is 53.9 Å². The smallest absolute Gasteiger partial charge is 0.247 e. The highest BCUT2D eigenvalue weighted by molar-refractivity contribution is 5.94. The number of anilines is 1. The van der Waals surface area contributed by atoms with Crippen molar-refractivity contribution in [1.29, 1.82) is 0 Å². The van der Waals surface area contributed by atoms with Crippen molar-refractivity contribution >= 4 is 11.6 Å². The Morgan fingerprint density at radius 2 is 1.89 bits per heavy atom. The molecule has 1 aromatic heterocycles. The summed E-state index contributed by atoms with van der Waals surface area (Å²) in [4.78, 5) is 12.1. The van der Waals surface area contributed by atoms with Gasteiger partial charge in [0.1, 0.15) is 6.04 Å². The van der Waals surface area contributed by atoms with Crippen molar-refractivity contribution in [2.45, 2.75) is 26.8 Å². The first-order valence-electron chi connectivity index (χ1n) is 6.08. The summed E-state index contributed by atoms with van der Waals surface area (Å²) in [5.74, 6) is -0.0000926. The Labute approximate surface area is 107 Å².